The van der Waals surface area contributed by atoms with Crippen LogP contribution in [0.4, 0.5) is 16.2 Å². The summed E-state index contributed by atoms with van der Waals surface area (Å²) < 4.78 is 6.21. The van der Waals surface area contributed by atoms with E-state index in [0.717, 1.165) is 23.2 Å². The molecule has 0 atom stereocenters. The number of anilines is 2. The quantitative estimate of drug-likeness (QED) is 0.233. The van der Waals surface area contributed by atoms with Crippen molar-refractivity contribution in [1.29, 1.82) is 0 Å². The SMILES string of the molecule is CN=C(c1cc(Cl)c(Br)cc1N(C=O)c1ccccc1C(C)C)N1CCN(C(=O)OC(C)(C)C)CC1. The zero-order valence-electron chi connectivity index (χ0n) is 21.7. The van der Waals surface area contributed by atoms with Crippen molar-refractivity contribution in [3.8, 4) is 0 Å². The highest BCUT2D eigenvalue weighted by atomic mass is 79.9. The van der Waals surface area contributed by atoms with Gasteiger partial charge in [0.1, 0.15) is 11.4 Å². The van der Waals surface area contributed by atoms with Gasteiger partial charge in [-0.05, 0) is 66.4 Å². The third kappa shape index (κ3) is 6.40. The number of benzene rings is 2. The second-order valence-corrected chi connectivity index (χ2v) is 11.2. The van der Waals surface area contributed by atoms with Crippen molar-refractivity contribution < 1.29 is 14.3 Å². The molecule has 9 heteroatoms. The lowest BCUT2D eigenvalue weighted by Crippen LogP contribution is -2.52. The normalized spacial score (nSPS) is 14.8. The summed E-state index contributed by atoms with van der Waals surface area (Å²) in [6, 6.07) is 11.6. The third-order valence-electron chi connectivity index (χ3n) is 5.91. The molecular formula is C27H34BrClN4O3. The zero-order chi connectivity index (χ0) is 26.6. The van der Waals surface area contributed by atoms with Gasteiger partial charge in [-0.2, -0.15) is 0 Å². The molecule has 7 nitrogen and oxygen atoms in total. The highest BCUT2D eigenvalue weighted by Crippen LogP contribution is 2.38. The molecular weight excluding hydrogens is 544 g/mol. The van der Waals surface area contributed by atoms with Crippen molar-refractivity contribution in [2.75, 3.05) is 38.1 Å². The number of aliphatic imine (C=N–C) groups is 1. The van der Waals surface area contributed by atoms with E-state index < -0.39 is 5.60 Å². The van der Waals surface area contributed by atoms with Crippen molar-refractivity contribution in [2.24, 2.45) is 4.99 Å². The molecule has 0 saturated carbocycles. The molecule has 2 aromatic carbocycles. The maximum Gasteiger partial charge on any atom is 0.410 e. The Hall–Kier alpha value is -2.58. The molecule has 0 radical (unpaired) electrons. The van der Waals surface area contributed by atoms with E-state index in [0.29, 0.717) is 47.2 Å². The summed E-state index contributed by atoms with van der Waals surface area (Å²) in [5.41, 5.74) is 2.73. The Kier molecular flexibility index (Phi) is 9.06. The predicted molar refractivity (Wildman–Crippen MR) is 150 cm³/mol. The Morgan fingerprint density at radius 3 is 2.28 bits per heavy atom. The summed E-state index contributed by atoms with van der Waals surface area (Å²) in [6.07, 6.45) is 0.510. The monoisotopic (exact) mass is 576 g/mol. The predicted octanol–water partition coefficient (Wildman–Crippen LogP) is 6.45. The molecule has 1 fully saturated rings. The van der Waals surface area contributed by atoms with E-state index in [4.69, 9.17) is 16.3 Å². The summed E-state index contributed by atoms with van der Waals surface area (Å²) in [6.45, 7) is 11.9. The molecule has 1 heterocycles. The Balaban J connectivity index is 1.97. The molecule has 0 unspecified atom stereocenters. The average molecular weight is 578 g/mol. The first kappa shape index (κ1) is 28.0. The van der Waals surface area contributed by atoms with Crippen LogP contribution in [0.25, 0.3) is 0 Å². The van der Waals surface area contributed by atoms with Gasteiger partial charge in [-0.25, -0.2) is 4.79 Å². The molecule has 1 saturated heterocycles. The van der Waals surface area contributed by atoms with Crippen LogP contribution in [-0.2, 0) is 9.53 Å². The van der Waals surface area contributed by atoms with Gasteiger partial charge in [0.15, 0.2) is 0 Å². The van der Waals surface area contributed by atoms with E-state index in [-0.39, 0.29) is 12.0 Å². The number of piperazine rings is 1. The molecule has 0 N–H and O–H groups in total. The molecule has 2 amide bonds. The topological polar surface area (TPSA) is 65.5 Å². The Morgan fingerprint density at radius 2 is 1.72 bits per heavy atom. The largest absolute Gasteiger partial charge is 0.444 e. The van der Waals surface area contributed by atoms with Crippen LogP contribution in [0.5, 0.6) is 0 Å². The van der Waals surface area contributed by atoms with Crippen molar-refractivity contribution >= 4 is 57.2 Å². The van der Waals surface area contributed by atoms with Gasteiger partial charge in [0.05, 0.1) is 16.4 Å². The van der Waals surface area contributed by atoms with E-state index in [9.17, 15) is 9.59 Å². The fraction of sp³-hybridized carbons (Fsp3) is 0.444. The molecule has 0 aromatic heterocycles. The number of hydrogen-bond acceptors (Lipinski definition) is 4. The average Bonchev–Trinajstić information content (AvgIpc) is 2.82. The van der Waals surface area contributed by atoms with Crippen LogP contribution in [0.1, 0.15) is 51.7 Å². The van der Waals surface area contributed by atoms with Crippen LogP contribution in [0, 0.1) is 0 Å². The van der Waals surface area contributed by atoms with Crippen LogP contribution in [0.2, 0.25) is 5.02 Å². The Bertz CT molecular complexity index is 1140. The number of rotatable bonds is 5. The number of amides is 2. The molecule has 0 bridgehead atoms. The third-order valence-corrected chi connectivity index (χ3v) is 7.10. The maximum absolute atomic E-state index is 12.5. The molecule has 36 heavy (non-hydrogen) atoms. The van der Waals surface area contributed by atoms with E-state index >= 15 is 0 Å². The molecule has 1 aliphatic rings. The zero-order valence-corrected chi connectivity index (χ0v) is 24.1. The van der Waals surface area contributed by atoms with Crippen molar-refractivity contribution in [3.05, 3.63) is 57.0 Å². The van der Waals surface area contributed by atoms with Crippen molar-refractivity contribution in [1.82, 2.24) is 9.80 Å². The highest BCUT2D eigenvalue weighted by molar-refractivity contribution is 9.10. The number of hydrogen-bond donors (Lipinski definition) is 0. The van der Waals surface area contributed by atoms with Gasteiger partial charge in [0.25, 0.3) is 0 Å². The van der Waals surface area contributed by atoms with Gasteiger partial charge in [-0.15, -0.1) is 0 Å². The molecule has 2 aromatic rings. The maximum atomic E-state index is 12.5. The summed E-state index contributed by atoms with van der Waals surface area (Å²) in [5, 5.41) is 0.519. The van der Waals surface area contributed by atoms with Crippen molar-refractivity contribution in [3.63, 3.8) is 0 Å². The molecule has 1 aliphatic heterocycles. The van der Waals surface area contributed by atoms with E-state index in [1.54, 1.807) is 16.8 Å². The first-order valence-electron chi connectivity index (χ1n) is 12.0. The summed E-state index contributed by atoms with van der Waals surface area (Å²) in [5.74, 6) is 0.931. The van der Waals surface area contributed by atoms with Crippen LogP contribution < -0.4 is 4.90 Å². The fourth-order valence-corrected chi connectivity index (χ4v) is 4.71. The molecule has 3 rings (SSSR count). The number of nitrogens with zero attached hydrogens (tertiary/aromatic N) is 4. The minimum absolute atomic E-state index is 0.225. The van der Waals surface area contributed by atoms with Gasteiger partial charge in [-0.3, -0.25) is 14.7 Å². The Morgan fingerprint density at radius 1 is 1.11 bits per heavy atom. The fourth-order valence-electron chi connectivity index (χ4n) is 4.21. The van der Waals surface area contributed by atoms with Gasteiger partial charge in [0.2, 0.25) is 6.41 Å². The van der Waals surface area contributed by atoms with Crippen LogP contribution >= 0.6 is 27.5 Å². The lowest BCUT2D eigenvalue weighted by Gasteiger charge is -2.38. The van der Waals surface area contributed by atoms with Crippen LogP contribution in [-0.4, -0.2) is 67.0 Å². The number of para-hydroxylation sites is 1. The van der Waals surface area contributed by atoms with Gasteiger partial charge in [-0.1, -0.05) is 43.6 Å². The minimum Gasteiger partial charge on any atom is -0.444 e. The van der Waals surface area contributed by atoms with E-state index in [1.807, 2.05) is 57.2 Å². The summed E-state index contributed by atoms with van der Waals surface area (Å²) in [7, 11) is 1.72. The van der Waals surface area contributed by atoms with Crippen LogP contribution in [0.3, 0.4) is 0 Å². The van der Waals surface area contributed by atoms with E-state index in [1.165, 1.54) is 0 Å². The summed E-state index contributed by atoms with van der Waals surface area (Å²) >= 11 is 10.1. The van der Waals surface area contributed by atoms with E-state index in [2.05, 4.69) is 39.7 Å². The second-order valence-electron chi connectivity index (χ2n) is 9.97. The minimum atomic E-state index is -0.544. The number of carbonyl (C=O) groups is 2. The van der Waals surface area contributed by atoms with Gasteiger partial charge in [0, 0.05) is 43.3 Å². The lowest BCUT2D eigenvalue weighted by atomic mass is 9.99. The van der Waals surface area contributed by atoms with Crippen LogP contribution in [0.15, 0.2) is 45.9 Å². The van der Waals surface area contributed by atoms with Gasteiger partial charge < -0.3 is 14.5 Å². The van der Waals surface area contributed by atoms with Crippen molar-refractivity contribution in [2.45, 2.75) is 46.1 Å². The lowest BCUT2D eigenvalue weighted by molar-refractivity contribution is -0.106. The summed E-state index contributed by atoms with van der Waals surface area (Å²) in [4.78, 5) is 35.1. The second kappa shape index (κ2) is 11.6. The molecule has 0 aliphatic carbocycles. The smallest absolute Gasteiger partial charge is 0.410 e. The number of carbonyl (C=O) groups excluding carboxylic acids is 2. The number of ether oxygens (including phenoxy) is 1. The molecule has 0 spiro atoms. The highest BCUT2D eigenvalue weighted by Gasteiger charge is 2.29. The first-order chi connectivity index (χ1) is 17.0. The van der Waals surface area contributed by atoms with Gasteiger partial charge >= 0.3 is 6.09 Å². The number of amidine groups is 1. The number of halogens is 2. The molecule has 194 valence electrons. The Labute approximate surface area is 227 Å². The standard InChI is InChI=1S/C27H34BrClN4O3/c1-18(2)19-9-7-8-10-23(19)33(17-34)24-16-21(28)22(29)15-20(24)25(30-6)31-11-13-32(14-12-31)26(35)36-27(3,4)5/h7-10,15-18H,11-14H2,1-6H3. The first-order valence-corrected chi connectivity index (χ1v) is 13.2.